The van der Waals surface area contributed by atoms with Crippen LogP contribution in [0.15, 0.2) is 48.5 Å². The molecule has 3 aromatic rings. The predicted octanol–water partition coefficient (Wildman–Crippen LogP) is 6.67. The number of hydrogen-bond acceptors (Lipinski definition) is 6. The summed E-state index contributed by atoms with van der Waals surface area (Å²) in [5.74, 6) is -0.163. The Labute approximate surface area is 256 Å². The highest BCUT2D eigenvalue weighted by molar-refractivity contribution is 6.02. The Balaban J connectivity index is 1.35. The van der Waals surface area contributed by atoms with Gasteiger partial charge >= 0.3 is 12.4 Å². The minimum atomic E-state index is -5.00. The molecule has 6 rings (SSSR count). The highest BCUT2D eigenvalue weighted by Gasteiger charge is 2.38. The molecule has 0 atom stereocenters. The van der Waals surface area contributed by atoms with Gasteiger partial charge in [-0.25, -0.2) is 4.98 Å². The lowest BCUT2D eigenvalue weighted by atomic mass is 10.0. The Hall–Kier alpha value is -3.87. The standard InChI is InChI=1S/C32H33F6N5O2/c33-31(34,35)23-17-21(18-24(19-23)32(36,37)38)20-43-13-6-16-45-28-26(29(43)44)27(22-7-2-1-3-8-22)39-30(40-28)42-14-9-25(10-15-42)41-11-4-5-12-41/h1-3,7-8,17-19,25H,4-6,9-16,20H2. The molecule has 3 aliphatic heterocycles. The second-order valence-electron chi connectivity index (χ2n) is 11.7. The van der Waals surface area contributed by atoms with E-state index in [0.29, 0.717) is 41.8 Å². The fourth-order valence-electron chi connectivity index (χ4n) is 6.38. The first kappa shape index (κ1) is 31.1. The van der Waals surface area contributed by atoms with Crippen molar-refractivity contribution in [1.29, 1.82) is 0 Å². The van der Waals surface area contributed by atoms with Crippen LogP contribution in [-0.2, 0) is 18.9 Å². The van der Waals surface area contributed by atoms with Crippen molar-refractivity contribution in [3.63, 3.8) is 0 Å². The molecule has 0 spiro atoms. The number of carbonyl (C=O) groups excluding carboxylic acids is 1. The van der Waals surface area contributed by atoms with Gasteiger partial charge < -0.3 is 19.4 Å². The maximum Gasteiger partial charge on any atom is 0.416 e. The lowest BCUT2D eigenvalue weighted by Gasteiger charge is -2.37. The fraction of sp³-hybridized carbons (Fsp3) is 0.469. The Morgan fingerprint density at radius 2 is 1.44 bits per heavy atom. The zero-order valence-corrected chi connectivity index (χ0v) is 24.5. The number of fused-ring (bicyclic) bond motifs is 1. The Morgan fingerprint density at radius 1 is 0.800 bits per heavy atom. The van der Waals surface area contributed by atoms with E-state index in [4.69, 9.17) is 9.72 Å². The Bertz CT molecular complexity index is 1480. The summed E-state index contributed by atoms with van der Waals surface area (Å²) in [5, 5.41) is 0. The van der Waals surface area contributed by atoms with Crippen molar-refractivity contribution in [3.8, 4) is 17.1 Å². The summed E-state index contributed by atoms with van der Waals surface area (Å²) in [4.78, 5) is 29.5. The Morgan fingerprint density at radius 3 is 2.07 bits per heavy atom. The van der Waals surface area contributed by atoms with Gasteiger partial charge in [-0.15, -0.1) is 0 Å². The minimum absolute atomic E-state index is 0.0274. The zero-order chi connectivity index (χ0) is 31.8. The first-order valence-electron chi connectivity index (χ1n) is 15.1. The number of likely N-dealkylation sites (tertiary alicyclic amines) is 1. The van der Waals surface area contributed by atoms with E-state index in [-0.39, 0.29) is 36.2 Å². The summed E-state index contributed by atoms with van der Waals surface area (Å²) in [6.07, 6.45) is -5.36. The molecule has 0 N–H and O–H groups in total. The molecule has 0 unspecified atom stereocenters. The molecule has 0 bridgehead atoms. The number of hydrogen-bond donors (Lipinski definition) is 0. The third kappa shape index (κ3) is 6.87. The lowest BCUT2D eigenvalue weighted by molar-refractivity contribution is -0.143. The summed E-state index contributed by atoms with van der Waals surface area (Å²) in [7, 11) is 0. The van der Waals surface area contributed by atoms with Gasteiger partial charge in [0.25, 0.3) is 5.91 Å². The second kappa shape index (κ2) is 12.5. The molecule has 1 aromatic heterocycles. The van der Waals surface area contributed by atoms with Crippen LogP contribution in [0.2, 0.25) is 0 Å². The number of nitrogens with zero attached hydrogens (tertiary/aromatic N) is 5. The van der Waals surface area contributed by atoms with E-state index in [1.54, 1.807) is 24.3 Å². The zero-order valence-electron chi connectivity index (χ0n) is 24.5. The van der Waals surface area contributed by atoms with Gasteiger partial charge in [-0.05, 0) is 69.0 Å². The van der Waals surface area contributed by atoms with Gasteiger partial charge in [-0.2, -0.15) is 31.3 Å². The van der Waals surface area contributed by atoms with Crippen molar-refractivity contribution in [3.05, 3.63) is 70.8 Å². The van der Waals surface area contributed by atoms with Crippen molar-refractivity contribution in [1.82, 2.24) is 19.8 Å². The lowest BCUT2D eigenvalue weighted by Crippen LogP contribution is -2.44. The van der Waals surface area contributed by atoms with Gasteiger partial charge in [0.2, 0.25) is 11.8 Å². The van der Waals surface area contributed by atoms with Crippen LogP contribution >= 0.6 is 0 Å². The molecule has 2 fully saturated rings. The predicted molar refractivity (Wildman–Crippen MR) is 155 cm³/mol. The molecule has 4 heterocycles. The summed E-state index contributed by atoms with van der Waals surface area (Å²) in [5.41, 5.74) is -2.20. The topological polar surface area (TPSA) is 61.8 Å². The van der Waals surface area contributed by atoms with E-state index in [9.17, 15) is 31.1 Å². The molecule has 7 nitrogen and oxygen atoms in total. The SMILES string of the molecule is O=C1c2c(nc(N3CCC(N4CCCC4)CC3)nc2-c2ccccc2)OCCCN1Cc1cc(C(F)(F)F)cc(C(F)(F)F)c1. The molecule has 13 heteroatoms. The monoisotopic (exact) mass is 633 g/mol. The average molecular weight is 634 g/mol. The third-order valence-electron chi connectivity index (χ3n) is 8.65. The number of ether oxygens (including phenoxy) is 1. The Kier molecular flexibility index (Phi) is 8.64. The number of anilines is 1. The van der Waals surface area contributed by atoms with E-state index in [0.717, 1.165) is 39.0 Å². The van der Waals surface area contributed by atoms with E-state index in [1.807, 2.05) is 6.07 Å². The highest BCUT2D eigenvalue weighted by Crippen LogP contribution is 2.38. The largest absolute Gasteiger partial charge is 0.477 e. The van der Waals surface area contributed by atoms with Crippen LogP contribution in [0.3, 0.4) is 0 Å². The van der Waals surface area contributed by atoms with Crippen molar-refractivity contribution >= 4 is 11.9 Å². The molecule has 240 valence electrons. The van der Waals surface area contributed by atoms with Crippen LogP contribution < -0.4 is 9.64 Å². The van der Waals surface area contributed by atoms with Crippen LogP contribution in [0.5, 0.6) is 5.88 Å². The number of carbonyl (C=O) groups is 1. The van der Waals surface area contributed by atoms with Crippen molar-refractivity contribution < 1.29 is 35.9 Å². The van der Waals surface area contributed by atoms with Gasteiger partial charge in [0, 0.05) is 37.8 Å². The third-order valence-corrected chi connectivity index (χ3v) is 8.65. The molecule has 0 aliphatic carbocycles. The molecule has 3 aliphatic rings. The average Bonchev–Trinajstić information content (AvgIpc) is 3.56. The number of halogens is 6. The van der Waals surface area contributed by atoms with Crippen LogP contribution in [0, 0.1) is 0 Å². The van der Waals surface area contributed by atoms with Crippen molar-refractivity contribution in [2.45, 2.75) is 57.0 Å². The van der Waals surface area contributed by atoms with Crippen LogP contribution in [0.1, 0.15) is 59.2 Å². The van der Waals surface area contributed by atoms with Gasteiger partial charge in [-0.3, -0.25) is 4.79 Å². The van der Waals surface area contributed by atoms with Crippen LogP contribution in [0.25, 0.3) is 11.3 Å². The van der Waals surface area contributed by atoms with Gasteiger partial charge in [0.1, 0.15) is 5.56 Å². The summed E-state index contributed by atoms with van der Waals surface area (Å²) < 4.78 is 87.3. The molecule has 2 aromatic carbocycles. The maximum atomic E-state index is 14.1. The number of benzene rings is 2. The number of amides is 1. The molecule has 0 saturated carbocycles. The maximum absolute atomic E-state index is 14.1. The van der Waals surface area contributed by atoms with Gasteiger partial charge in [0.15, 0.2) is 0 Å². The molecule has 1 amide bonds. The number of rotatable bonds is 5. The van der Waals surface area contributed by atoms with Crippen LogP contribution in [-0.4, -0.2) is 71.0 Å². The molecular weight excluding hydrogens is 600 g/mol. The molecular formula is C32H33F6N5O2. The highest BCUT2D eigenvalue weighted by atomic mass is 19.4. The summed E-state index contributed by atoms with van der Waals surface area (Å²) in [6.45, 7) is 3.41. The first-order valence-corrected chi connectivity index (χ1v) is 15.1. The molecule has 2 saturated heterocycles. The summed E-state index contributed by atoms with van der Waals surface area (Å²) >= 11 is 0. The smallest absolute Gasteiger partial charge is 0.416 e. The fourth-order valence-corrected chi connectivity index (χ4v) is 6.38. The number of alkyl halides is 6. The molecule has 0 radical (unpaired) electrons. The number of piperidine rings is 1. The quantitative estimate of drug-likeness (QED) is 0.293. The minimum Gasteiger partial charge on any atom is -0.477 e. The van der Waals surface area contributed by atoms with E-state index < -0.39 is 35.9 Å². The summed E-state index contributed by atoms with van der Waals surface area (Å²) in [6, 6.07) is 10.9. The normalized spacial score (nSPS) is 18.8. The first-order chi connectivity index (χ1) is 21.5. The van der Waals surface area contributed by atoms with E-state index in [2.05, 4.69) is 14.8 Å². The molecule has 45 heavy (non-hydrogen) atoms. The van der Waals surface area contributed by atoms with Crippen LogP contribution in [0.4, 0.5) is 32.3 Å². The number of aromatic nitrogens is 2. The van der Waals surface area contributed by atoms with Gasteiger partial charge in [-0.1, -0.05) is 30.3 Å². The van der Waals surface area contributed by atoms with Gasteiger partial charge in [0.05, 0.1) is 23.4 Å². The van der Waals surface area contributed by atoms with Crippen molar-refractivity contribution in [2.24, 2.45) is 0 Å². The second-order valence-corrected chi connectivity index (χ2v) is 11.7. The van der Waals surface area contributed by atoms with E-state index in [1.165, 1.54) is 17.7 Å². The van der Waals surface area contributed by atoms with Crippen molar-refractivity contribution in [2.75, 3.05) is 44.2 Å². The van der Waals surface area contributed by atoms with E-state index >= 15 is 0 Å².